The highest BCUT2D eigenvalue weighted by molar-refractivity contribution is 8.02. The Morgan fingerprint density at radius 1 is 1.21 bits per heavy atom. The summed E-state index contributed by atoms with van der Waals surface area (Å²) in [5.74, 6) is 0. The second-order valence-electron chi connectivity index (χ2n) is 3.31. The molecule has 3 rings (SSSR count). The van der Waals surface area contributed by atoms with Crippen LogP contribution in [-0.2, 0) is 6.42 Å². The summed E-state index contributed by atoms with van der Waals surface area (Å²) in [4.78, 5) is 5.74. The third-order valence-corrected chi connectivity index (χ3v) is 3.39. The highest BCUT2D eigenvalue weighted by Crippen LogP contribution is 2.32. The van der Waals surface area contributed by atoms with Crippen LogP contribution < -0.4 is 0 Å². The van der Waals surface area contributed by atoms with Gasteiger partial charge in [0.25, 0.3) is 0 Å². The van der Waals surface area contributed by atoms with Crippen LogP contribution in [0, 0.1) is 0 Å². The summed E-state index contributed by atoms with van der Waals surface area (Å²) in [7, 11) is 0. The number of allylic oxidation sites excluding steroid dienone is 1. The lowest BCUT2D eigenvalue weighted by atomic mass is 10.1. The van der Waals surface area contributed by atoms with Gasteiger partial charge in [0.1, 0.15) is 0 Å². The molecule has 0 unspecified atom stereocenters. The quantitative estimate of drug-likeness (QED) is 0.645. The van der Waals surface area contributed by atoms with Crippen molar-refractivity contribution in [1.29, 1.82) is 0 Å². The minimum Gasteiger partial charge on any atom is -0.255 e. The second-order valence-corrected chi connectivity index (χ2v) is 4.26. The van der Waals surface area contributed by atoms with Crippen molar-refractivity contribution in [3.8, 4) is 0 Å². The van der Waals surface area contributed by atoms with E-state index in [4.69, 9.17) is 0 Å². The van der Waals surface area contributed by atoms with E-state index >= 15 is 0 Å². The van der Waals surface area contributed by atoms with Crippen LogP contribution in [0.1, 0.15) is 5.56 Å². The SMILES string of the molecule is C1=CSc2cnc3ccccc3c2C1. The molecule has 0 aliphatic carbocycles. The van der Waals surface area contributed by atoms with Crippen LogP contribution in [0.2, 0.25) is 0 Å². The van der Waals surface area contributed by atoms with Crippen molar-refractivity contribution in [3.63, 3.8) is 0 Å². The van der Waals surface area contributed by atoms with Gasteiger partial charge in [-0.25, -0.2) is 0 Å². The molecule has 0 amide bonds. The Bertz CT molecular complexity index is 517. The van der Waals surface area contributed by atoms with Crippen LogP contribution in [0.3, 0.4) is 0 Å². The lowest BCUT2D eigenvalue weighted by Crippen LogP contribution is -1.93. The molecule has 1 nitrogen and oxygen atoms in total. The van der Waals surface area contributed by atoms with E-state index in [1.165, 1.54) is 15.8 Å². The standard InChI is InChI=1S/C12H9NS/c1-2-6-11-9(4-1)10-5-3-7-14-12(10)8-13-11/h1-4,6-8H,5H2. The zero-order valence-electron chi connectivity index (χ0n) is 7.60. The maximum atomic E-state index is 4.44. The molecule has 2 aromatic rings. The molecular formula is C12H9NS. The molecule has 0 atom stereocenters. The van der Waals surface area contributed by atoms with Crippen LogP contribution in [0.25, 0.3) is 10.9 Å². The predicted molar refractivity (Wildman–Crippen MR) is 60.4 cm³/mol. The maximum Gasteiger partial charge on any atom is 0.0705 e. The molecule has 1 aromatic heterocycles. The largest absolute Gasteiger partial charge is 0.255 e. The maximum absolute atomic E-state index is 4.44. The number of nitrogens with zero attached hydrogens (tertiary/aromatic N) is 1. The van der Waals surface area contributed by atoms with E-state index in [1.807, 2.05) is 12.3 Å². The molecule has 0 bridgehead atoms. The fourth-order valence-corrected chi connectivity index (χ4v) is 2.57. The molecular weight excluding hydrogens is 190 g/mol. The van der Waals surface area contributed by atoms with Gasteiger partial charge in [0.05, 0.1) is 5.52 Å². The summed E-state index contributed by atoms with van der Waals surface area (Å²) in [5, 5.41) is 3.43. The van der Waals surface area contributed by atoms with E-state index in [-0.39, 0.29) is 0 Å². The number of hydrogen-bond donors (Lipinski definition) is 0. The van der Waals surface area contributed by atoms with Gasteiger partial charge in [-0.05, 0) is 23.5 Å². The molecule has 1 aliphatic heterocycles. The minimum absolute atomic E-state index is 1.03. The van der Waals surface area contributed by atoms with Gasteiger partial charge in [-0.15, -0.1) is 0 Å². The summed E-state index contributed by atoms with van der Waals surface area (Å²) < 4.78 is 0. The number of aromatic nitrogens is 1. The van der Waals surface area contributed by atoms with Crippen molar-refractivity contribution in [2.24, 2.45) is 0 Å². The summed E-state index contributed by atoms with van der Waals surface area (Å²) in [6.07, 6.45) is 5.22. The third kappa shape index (κ3) is 1.15. The van der Waals surface area contributed by atoms with Crippen LogP contribution in [0.5, 0.6) is 0 Å². The first kappa shape index (κ1) is 8.06. The third-order valence-electron chi connectivity index (χ3n) is 2.46. The van der Waals surface area contributed by atoms with Gasteiger partial charge in [-0.1, -0.05) is 36.0 Å². The number of hydrogen-bond acceptors (Lipinski definition) is 2. The number of benzene rings is 1. The normalized spacial score (nSPS) is 14.3. The lowest BCUT2D eigenvalue weighted by molar-refractivity contribution is 1.16. The molecule has 68 valence electrons. The minimum atomic E-state index is 1.03. The Morgan fingerprint density at radius 3 is 3.14 bits per heavy atom. The fourth-order valence-electron chi connectivity index (χ4n) is 1.78. The van der Waals surface area contributed by atoms with E-state index in [9.17, 15) is 0 Å². The summed E-state index contributed by atoms with van der Waals surface area (Å²) >= 11 is 1.76. The van der Waals surface area contributed by atoms with Crippen molar-refractivity contribution in [1.82, 2.24) is 4.98 Å². The molecule has 1 aromatic carbocycles. The van der Waals surface area contributed by atoms with E-state index < -0.39 is 0 Å². The predicted octanol–water partition coefficient (Wildman–Crippen LogP) is 3.40. The number of pyridine rings is 1. The monoisotopic (exact) mass is 199 g/mol. The van der Waals surface area contributed by atoms with E-state index in [1.54, 1.807) is 11.8 Å². The molecule has 0 fully saturated rings. The molecule has 0 spiro atoms. The van der Waals surface area contributed by atoms with E-state index in [0.717, 1.165) is 11.9 Å². The van der Waals surface area contributed by atoms with Crippen molar-refractivity contribution in [2.75, 3.05) is 0 Å². The van der Waals surface area contributed by atoms with Gasteiger partial charge in [-0.3, -0.25) is 4.98 Å². The van der Waals surface area contributed by atoms with Crippen molar-refractivity contribution >= 4 is 22.7 Å². The highest BCUT2D eigenvalue weighted by atomic mass is 32.2. The molecule has 0 saturated heterocycles. The summed E-state index contributed by atoms with van der Waals surface area (Å²) in [6.45, 7) is 0. The van der Waals surface area contributed by atoms with Gasteiger partial charge in [0.2, 0.25) is 0 Å². The Balaban J connectivity index is 2.37. The van der Waals surface area contributed by atoms with Crippen LogP contribution in [-0.4, -0.2) is 4.98 Å². The van der Waals surface area contributed by atoms with E-state index in [2.05, 4.69) is 34.7 Å². The second kappa shape index (κ2) is 3.14. The van der Waals surface area contributed by atoms with Gasteiger partial charge < -0.3 is 0 Å². The fraction of sp³-hybridized carbons (Fsp3) is 0.0833. The smallest absolute Gasteiger partial charge is 0.0705 e. The average molecular weight is 199 g/mol. The number of fused-ring (bicyclic) bond motifs is 3. The van der Waals surface area contributed by atoms with Gasteiger partial charge >= 0.3 is 0 Å². The molecule has 1 aliphatic rings. The van der Waals surface area contributed by atoms with Crippen molar-refractivity contribution in [2.45, 2.75) is 11.3 Å². The summed E-state index contributed by atoms with van der Waals surface area (Å²) in [6, 6.07) is 8.33. The van der Waals surface area contributed by atoms with Crippen LogP contribution >= 0.6 is 11.8 Å². The van der Waals surface area contributed by atoms with Crippen LogP contribution in [0.15, 0.2) is 46.8 Å². The molecule has 2 heteroatoms. The zero-order valence-corrected chi connectivity index (χ0v) is 8.42. The molecule has 2 heterocycles. The zero-order chi connectivity index (χ0) is 9.38. The Hall–Kier alpha value is -1.28. The Kier molecular flexibility index (Phi) is 1.81. The topological polar surface area (TPSA) is 12.9 Å². The van der Waals surface area contributed by atoms with Crippen LogP contribution in [0.4, 0.5) is 0 Å². The Morgan fingerprint density at radius 2 is 2.14 bits per heavy atom. The highest BCUT2D eigenvalue weighted by Gasteiger charge is 2.09. The van der Waals surface area contributed by atoms with Gasteiger partial charge in [0.15, 0.2) is 0 Å². The van der Waals surface area contributed by atoms with Crippen molar-refractivity contribution < 1.29 is 0 Å². The summed E-state index contributed by atoms with van der Waals surface area (Å²) in [5.41, 5.74) is 2.52. The Labute approximate surface area is 86.9 Å². The first-order valence-corrected chi connectivity index (χ1v) is 5.51. The number of thioether (sulfide) groups is 1. The lowest BCUT2D eigenvalue weighted by Gasteiger charge is -2.12. The molecule has 0 N–H and O–H groups in total. The number of rotatable bonds is 0. The molecule has 0 radical (unpaired) electrons. The number of para-hydroxylation sites is 1. The molecule has 0 saturated carbocycles. The van der Waals surface area contributed by atoms with Crippen molar-refractivity contribution in [3.05, 3.63) is 47.5 Å². The van der Waals surface area contributed by atoms with Gasteiger partial charge in [-0.2, -0.15) is 0 Å². The average Bonchev–Trinajstić information content (AvgIpc) is 2.29. The first-order chi connectivity index (χ1) is 6.95. The first-order valence-electron chi connectivity index (χ1n) is 4.63. The van der Waals surface area contributed by atoms with Gasteiger partial charge in [0, 0.05) is 16.5 Å². The van der Waals surface area contributed by atoms with E-state index in [0.29, 0.717) is 0 Å². The molecule has 14 heavy (non-hydrogen) atoms.